The second kappa shape index (κ2) is 13.7. The summed E-state index contributed by atoms with van der Waals surface area (Å²) < 4.78 is 34.5. The van der Waals surface area contributed by atoms with Crippen LogP contribution in [0.4, 0.5) is 5.69 Å². The Bertz CT molecular complexity index is 1400. The molecular formula is C32H41N3O5S. The number of sulfonamides is 1. The van der Waals surface area contributed by atoms with E-state index in [-0.39, 0.29) is 17.3 Å². The number of hydrogen-bond acceptors (Lipinski definition) is 5. The van der Waals surface area contributed by atoms with Crippen molar-refractivity contribution < 1.29 is 22.7 Å². The van der Waals surface area contributed by atoms with Gasteiger partial charge < -0.3 is 15.0 Å². The second-order valence-electron chi connectivity index (χ2n) is 10.9. The van der Waals surface area contributed by atoms with Gasteiger partial charge in [0.2, 0.25) is 11.8 Å². The molecule has 1 atom stereocenters. The molecule has 0 bridgehead atoms. The van der Waals surface area contributed by atoms with Crippen molar-refractivity contribution >= 4 is 27.5 Å². The summed E-state index contributed by atoms with van der Waals surface area (Å²) in [5, 5.41) is 2.98. The van der Waals surface area contributed by atoms with Gasteiger partial charge in [0.05, 0.1) is 17.2 Å². The predicted molar refractivity (Wildman–Crippen MR) is 162 cm³/mol. The van der Waals surface area contributed by atoms with E-state index in [1.165, 1.54) is 17.0 Å². The van der Waals surface area contributed by atoms with E-state index >= 15 is 0 Å². The lowest BCUT2D eigenvalue weighted by Crippen LogP contribution is -2.55. The fourth-order valence-corrected chi connectivity index (χ4v) is 5.80. The van der Waals surface area contributed by atoms with Crippen LogP contribution in [0.15, 0.2) is 83.8 Å². The van der Waals surface area contributed by atoms with Crippen molar-refractivity contribution in [3.05, 3.63) is 90.0 Å². The number of amides is 2. The van der Waals surface area contributed by atoms with E-state index in [1.807, 2.05) is 65.8 Å². The number of nitrogens with zero attached hydrogens (tertiary/aromatic N) is 2. The average molecular weight is 580 g/mol. The lowest BCUT2D eigenvalue weighted by Gasteiger charge is -2.34. The fraction of sp³-hybridized carbons (Fsp3) is 0.375. The molecule has 0 unspecified atom stereocenters. The van der Waals surface area contributed by atoms with Gasteiger partial charge in [-0.3, -0.25) is 13.9 Å². The van der Waals surface area contributed by atoms with E-state index in [4.69, 9.17) is 4.74 Å². The monoisotopic (exact) mass is 579 g/mol. The number of rotatable bonds is 12. The molecule has 0 saturated heterocycles. The summed E-state index contributed by atoms with van der Waals surface area (Å²) in [6, 6.07) is 21.5. The number of hydrogen-bond donors (Lipinski definition) is 1. The first-order valence-electron chi connectivity index (χ1n) is 13.8. The topological polar surface area (TPSA) is 96.0 Å². The molecule has 0 aliphatic carbocycles. The molecule has 0 saturated carbocycles. The van der Waals surface area contributed by atoms with Gasteiger partial charge in [-0.2, -0.15) is 0 Å². The van der Waals surface area contributed by atoms with E-state index in [0.717, 1.165) is 15.4 Å². The van der Waals surface area contributed by atoms with Gasteiger partial charge in [-0.15, -0.1) is 0 Å². The summed E-state index contributed by atoms with van der Waals surface area (Å²) in [7, 11) is -4.14. The van der Waals surface area contributed by atoms with Gasteiger partial charge in [0, 0.05) is 12.1 Å². The summed E-state index contributed by atoms with van der Waals surface area (Å²) in [6.07, 6.45) is 0.358. The summed E-state index contributed by atoms with van der Waals surface area (Å²) in [5.41, 5.74) is 1.75. The Hall–Kier alpha value is -3.85. The predicted octanol–water partition coefficient (Wildman–Crippen LogP) is 5.31. The lowest BCUT2D eigenvalue weighted by molar-refractivity contribution is -0.141. The van der Waals surface area contributed by atoms with Crippen LogP contribution in [0.3, 0.4) is 0 Å². The molecule has 8 nitrogen and oxygen atoms in total. The van der Waals surface area contributed by atoms with E-state index in [1.54, 1.807) is 42.5 Å². The van der Waals surface area contributed by atoms with E-state index < -0.39 is 34.1 Å². The maximum Gasteiger partial charge on any atom is 0.264 e. The van der Waals surface area contributed by atoms with Gasteiger partial charge in [0.1, 0.15) is 18.3 Å². The van der Waals surface area contributed by atoms with Crippen molar-refractivity contribution in [1.29, 1.82) is 0 Å². The molecule has 41 heavy (non-hydrogen) atoms. The molecule has 0 fully saturated rings. The Labute approximate surface area is 244 Å². The van der Waals surface area contributed by atoms with Gasteiger partial charge >= 0.3 is 0 Å². The zero-order chi connectivity index (χ0) is 30.2. The quantitative estimate of drug-likeness (QED) is 0.314. The minimum absolute atomic E-state index is 0.0280. The molecule has 3 aromatic carbocycles. The van der Waals surface area contributed by atoms with Crippen LogP contribution in [-0.4, -0.2) is 49.9 Å². The second-order valence-corrected chi connectivity index (χ2v) is 12.8. The molecule has 0 aromatic heterocycles. The first kappa shape index (κ1) is 31.7. The molecule has 9 heteroatoms. The molecule has 0 aliphatic heterocycles. The van der Waals surface area contributed by atoms with E-state index in [2.05, 4.69) is 5.32 Å². The molecule has 2 amide bonds. The van der Waals surface area contributed by atoms with Crippen molar-refractivity contribution in [2.24, 2.45) is 0 Å². The number of nitrogens with one attached hydrogen (secondary N) is 1. The van der Waals surface area contributed by atoms with Crippen LogP contribution >= 0.6 is 0 Å². The van der Waals surface area contributed by atoms with E-state index in [9.17, 15) is 18.0 Å². The third kappa shape index (κ3) is 8.57. The third-order valence-corrected chi connectivity index (χ3v) is 8.19. The van der Waals surface area contributed by atoms with Crippen LogP contribution in [0.2, 0.25) is 0 Å². The van der Waals surface area contributed by atoms with Crippen molar-refractivity contribution in [2.75, 3.05) is 17.5 Å². The van der Waals surface area contributed by atoms with Gasteiger partial charge in [0.25, 0.3) is 10.0 Å². The maximum atomic E-state index is 14.1. The average Bonchev–Trinajstić information content (AvgIpc) is 2.92. The Morgan fingerprint density at radius 3 is 2.05 bits per heavy atom. The largest absolute Gasteiger partial charge is 0.494 e. The smallest absolute Gasteiger partial charge is 0.264 e. The van der Waals surface area contributed by atoms with Gasteiger partial charge in [0.15, 0.2) is 0 Å². The first-order valence-corrected chi connectivity index (χ1v) is 15.3. The Balaban J connectivity index is 2.03. The van der Waals surface area contributed by atoms with Crippen LogP contribution in [0.1, 0.15) is 52.2 Å². The number of ether oxygens (including phenoxy) is 1. The first-order chi connectivity index (χ1) is 19.4. The lowest BCUT2D eigenvalue weighted by atomic mass is 10.1. The third-order valence-electron chi connectivity index (χ3n) is 6.40. The van der Waals surface area contributed by atoms with Crippen LogP contribution in [0.5, 0.6) is 5.75 Å². The SMILES string of the molecule is CCOc1ccc(S(=O)(=O)N(CC(=O)N(Cc2ccc(C)cc2)[C@H](CC)C(=O)NC(C)(C)C)c2ccccc2)cc1. The Kier molecular flexibility index (Phi) is 10.6. The molecule has 0 radical (unpaired) electrons. The molecule has 220 valence electrons. The molecule has 0 aliphatic rings. The van der Waals surface area contributed by atoms with Crippen molar-refractivity contribution in [1.82, 2.24) is 10.2 Å². The normalized spacial score (nSPS) is 12.3. The Morgan fingerprint density at radius 1 is 0.902 bits per heavy atom. The number of carbonyl (C=O) groups excluding carboxylic acids is 2. The summed E-state index contributed by atoms with van der Waals surface area (Å²) >= 11 is 0. The molecule has 1 N–H and O–H groups in total. The number of aryl methyl sites for hydroxylation is 1. The standard InChI is InChI=1S/C32H41N3O5S/c1-7-29(31(37)33-32(4,5)6)34(22-25-16-14-24(3)15-17-25)30(36)23-35(26-12-10-9-11-13-26)41(38,39)28-20-18-27(19-21-28)40-8-2/h9-21,29H,7-8,22-23H2,1-6H3,(H,33,37)/t29-/m1/s1. The Morgan fingerprint density at radius 2 is 1.51 bits per heavy atom. The summed E-state index contributed by atoms with van der Waals surface area (Å²) in [4.78, 5) is 29.0. The van der Waals surface area contributed by atoms with Crippen LogP contribution in [0.25, 0.3) is 0 Å². The van der Waals surface area contributed by atoms with Crippen LogP contribution in [-0.2, 0) is 26.2 Å². The van der Waals surface area contributed by atoms with Crippen LogP contribution < -0.4 is 14.4 Å². The minimum atomic E-state index is -4.14. The number of anilines is 1. The van der Waals surface area contributed by atoms with E-state index in [0.29, 0.717) is 24.5 Å². The molecule has 0 heterocycles. The van der Waals surface area contributed by atoms with Crippen LogP contribution in [0, 0.1) is 6.92 Å². The number of para-hydroxylation sites is 1. The highest BCUT2D eigenvalue weighted by molar-refractivity contribution is 7.92. The maximum absolute atomic E-state index is 14.1. The highest BCUT2D eigenvalue weighted by atomic mass is 32.2. The van der Waals surface area contributed by atoms with Crippen molar-refractivity contribution in [3.8, 4) is 5.75 Å². The fourth-order valence-electron chi connectivity index (χ4n) is 4.39. The highest BCUT2D eigenvalue weighted by Gasteiger charge is 2.34. The van der Waals surface area contributed by atoms with Gasteiger partial charge in [-0.1, -0.05) is 55.0 Å². The zero-order valence-electron chi connectivity index (χ0n) is 24.8. The highest BCUT2D eigenvalue weighted by Crippen LogP contribution is 2.26. The molecular weight excluding hydrogens is 538 g/mol. The minimum Gasteiger partial charge on any atom is -0.494 e. The molecule has 3 aromatic rings. The van der Waals surface area contributed by atoms with Crippen molar-refractivity contribution in [3.63, 3.8) is 0 Å². The van der Waals surface area contributed by atoms with Gasteiger partial charge in [-0.05, 0) is 83.0 Å². The molecule has 3 rings (SSSR count). The van der Waals surface area contributed by atoms with Crippen molar-refractivity contribution in [2.45, 2.75) is 71.0 Å². The molecule has 0 spiro atoms. The van der Waals surface area contributed by atoms with Gasteiger partial charge in [-0.25, -0.2) is 8.42 Å². The number of benzene rings is 3. The zero-order valence-corrected chi connectivity index (χ0v) is 25.6. The summed E-state index contributed by atoms with van der Waals surface area (Å²) in [5.74, 6) is -0.227. The number of carbonyl (C=O) groups is 2. The summed E-state index contributed by atoms with van der Waals surface area (Å²) in [6.45, 7) is 11.4.